The highest BCUT2D eigenvalue weighted by Crippen LogP contribution is 2.28. The first-order valence-electron chi connectivity index (χ1n) is 7.50. The van der Waals surface area contributed by atoms with Crippen molar-refractivity contribution in [3.05, 3.63) is 42.5 Å². The number of aromatic nitrogens is 3. The topological polar surface area (TPSA) is 92.7 Å². The Bertz CT molecular complexity index is 924. The van der Waals surface area contributed by atoms with Gasteiger partial charge in [-0.25, -0.2) is 9.78 Å². The highest BCUT2D eigenvalue weighted by atomic mass is 32.1. The minimum Gasteiger partial charge on any atom is -0.361 e. The molecule has 2 heterocycles. The van der Waals surface area contributed by atoms with E-state index in [4.69, 9.17) is 0 Å². The van der Waals surface area contributed by atoms with Gasteiger partial charge in [0.05, 0.1) is 11.7 Å². The quantitative estimate of drug-likeness (QED) is 0.915. The van der Waals surface area contributed by atoms with Crippen LogP contribution in [0, 0.1) is 11.3 Å². The molecular weight excluding hydrogens is 326 g/mol. The molecule has 0 saturated heterocycles. The fourth-order valence-corrected chi connectivity index (χ4v) is 3.26. The Morgan fingerprint density at radius 1 is 1.29 bits per heavy atom. The van der Waals surface area contributed by atoms with Crippen LogP contribution in [0.3, 0.4) is 0 Å². The van der Waals surface area contributed by atoms with E-state index in [0.29, 0.717) is 0 Å². The van der Waals surface area contributed by atoms with E-state index in [9.17, 15) is 14.9 Å². The van der Waals surface area contributed by atoms with Gasteiger partial charge in [0.1, 0.15) is 16.9 Å². The van der Waals surface area contributed by atoms with Gasteiger partial charge >= 0.3 is 5.69 Å². The predicted molar refractivity (Wildman–Crippen MR) is 94.5 cm³/mol. The van der Waals surface area contributed by atoms with Gasteiger partial charge in [-0.05, 0) is 6.92 Å². The van der Waals surface area contributed by atoms with Crippen molar-refractivity contribution in [3.8, 4) is 6.07 Å². The number of nitrogens with one attached hydrogen (secondary N) is 1. The zero-order valence-corrected chi connectivity index (χ0v) is 15.5. The Labute approximate surface area is 144 Å². The smallest absolute Gasteiger partial charge is 0.332 e. The average Bonchev–Trinajstić information content (AvgIpc) is 3.01. The molecule has 0 bridgehead atoms. The predicted octanol–water partition coefficient (Wildman–Crippen LogP) is 1.88. The number of hydrogen-bond donors (Lipinski definition) is 1. The van der Waals surface area contributed by atoms with Crippen LogP contribution in [0.25, 0.3) is 0 Å². The lowest BCUT2D eigenvalue weighted by Gasteiger charge is -2.18. The largest absolute Gasteiger partial charge is 0.361 e. The van der Waals surface area contributed by atoms with E-state index in [1.165, 1.54) is 30.0 Å². The van der Waals surface area contributed by atoms with Crippen molar-refractivity contribution >= 4 is 17.2 Å². The second-order valence-electron chi connectivity index (χ2n) is 6.73. The van der Waals surface area contributed by atoms with Crippen molar-refractivity contribution in [2.24, 2.45) is 14.1 Å². The molecule has 0 aliphatic heterocycles. The molecule has 1 N–H and O–H groups in total. The third-order valence-electron chi connectivity index (χ3n) is 3.79. The number of hydrogen-bond acceptors (Lipinski definition) is 6. The van der Waals surface area contributed by atoms with Gasteiger partial charge in [-0.1, -0.05) is 20.8 Å². The van der Waals surface area contributed by atoms with Crippen LogP contribution >= 0.6 is 11.3 Å². The van der Waals surface area contributed by atoms with Crippen LogP contribution < -0.4 is 16.6 Å². The second kappa shape index (κ2) is 6.24. The summed E-state index contributed by atoms with van der Waals surface area (Å²) >= 11 is 1.51. The lowest BCUT2D eigenvalue weighted by atomic mass is 9.93. The maximum atomic E-state index is 12.1. The molecule has 0 aliphatic carbocycles. The van der Waals surface area contributed by atoms with E-state index in [2.05, 4.69) is 31.1 Å². The molecule has 0 fully saturated rings. The molecule has 24 heavy (non-hydrogen) atoms. The molecule has 0 spiro atoms. The Morgan fingerprint density at radius 2 is 1.92 bits per heavy atom. The molecule has 2 aromatic heterocycles. The van der Waals surface area contributed by atoms with Gasteiger partial charge < -0.3 is 5.32 Å². The highest BCUT2D eigenvalue weighted by molar-refractivity contribution is 7.09. The number of nitrogens with zero attached hydrogens (tertiary/aromatic N) is 4. The first-order chi connectivity index (χ1) is 11.1. The monoisotopic (exact) mass is 347 g/mol. The third-order valence-corrected chi connectivity index (χ3v) is 4.82. The van der Waals surface area contributed by atoms with Crippen molar-refractivity contribution in [1.82, 2.24) is 14.1 Å². The minimum atomic E-state index is -0.607. The van der Waals surface area contributed by atoms with Crippen LogP contribution in [-0.2, 0) is 19.5 Å². The maximum Gasteiger partial charge on any atom is 0.332 e. The zero-order chi connectivity index (χ0) is 18.2. The van der Waals surface area contributed by atoms with Crippen molar-refractivity contribution in [1.29, 1.82) is 5.26 Å². The third kappa shape index (κ3) is 3.12. The van der Waals surface area contributed by atoms with Crippen LogP contribution in [-0.4, -0.2) is 14.1 Å². The van der Waals surface area contributed by atoms with Crippen molar-refractivity contribution in [2.75, 3.05) is 5.32 Å². The van der Waals surface area contributed by atoms with E-state index < -0.39 is 11.2 Å². The molecule has 0 unspecified atom stereocenters. The molecule has 2 aromatic rings. The second-order valence-corrected chi connectivity index (χ2v) is 7.62. The molecule has 0 saturated carbocycles. The SMILES string of the molecule is C[C@H](Nc1c(C#N)c(=O)n(C)c(=O)n1C)c1nc(C(C)(C)C)cs1. The number of thiazole rings is 1. The van der Waals surface area contributed by atoms with E-state index in [1.807, 2.05) is 18.4 Å². The van der Waals surface area contributed by atoms with Gasteiger partial charge in [-0.15, -0.1) is 11.3 Å². The molecule has 7 nitrogen and oxygen atoms in total. The van der Waals surface area contributed by atoms with Gasteiger partial charge in [0, 0.05) is 24.9 Å². The zero-order valence-electron chi connectivity index (χ0n) is 14.7. The maximum absolute atomic E-state index is 12.1. The Morgan fingerprint density at radius 3 is 2.42 bits per heavy atom. The molecule has 1 atom stereocenters. The number of rotatable bonds is 3. The fourth-order valence-electron chi connectivity index (χ4n) is 2.21. The van der Waals surface area contributed by atoms with Gasteiger partial charge in [0.2, 0.25) is 0 Å². The minimum absolute atomic E-state index is 0.0537. The van der Waals surface area contributed by atoms with Crippen LogP contribution in [0.4, 0.5) is 5.82 Å². The first kappa shape index (κ1) is 17.9. The summed E-state index contributed by atoms with van der Waals surface area (Å²) in [6.45, 7) is 8.14. The molecule has 8 heteroatoms. The summed E-state index contributed by atoms with van der Waals surface area (Å²) in [6.07, 6.45) is 0. The van der Waals surface area contributed by atoms with E-state index in [-0.39, 0.29) is 22.8 Å². The van der Waals surface area contributed by atoms with Gasteiger partial charge in [-0.3, -0.25) is 13.9 Å². The van der Waals surface area contributed by atoms with E-state index in [0.717, 1.165) is 15.3 Å². The van der Waals surface area contributed by atoms with Crippen LogP contribution in [0.15, 0.2) is 15.0 Å². The van der Waals surface area contributed by atoms with Crippen LogP contribution in [0.1, 0.15) is 50.0 Å². The highest BCUT2D eigenvalue weighted by Gasteiger charge is 2.22. The van der Waals surface area contributed by atoms with Crippen LogP contribution in [0.5, 0.6) is 0 Å². The van der Waals surface area contributed by atoms with Gasteiger partial charge in [-0.2, -0.15) is 5.26 Å². The van der Waals surface area contributed by atoms with E-state index in [1.54, 1.807) is 0 Å². The summed E-state index contributed by atoms with van der Waals surface area (Å²) in [4.78, 5) is 28.8. The molecule has 2 rings (SSSR count). The van der Waals surface area contributed by atoms with E-state index >= 15 is 0 Å². The molecule has 128 valence electrons. The molecular formula is C16H21N5O2S. The van der Waals surface area contributed by atoms with Crippen molar-refractivity contribution in [3.63, 3.8) is 0 Å². The van der Waals surface area contributed by atoms with Crippen molar-refractivity contribution < 1.29 is 0 Å². The molecule has 0 amide bonds. The lowest BCUT2D eigenvalue weighted by molar-refractivity contribution is 0.569. The first-order valence-corrected chi connectivity index (χ1v) is 8.38. The number of nitriles is 1. The summed E-state index contributed by atoms with van der Waals surface area (Å²) in [5.74, 6) is 0.214. The summed E-state index contributed by atoms with van der Waals surface area (Å²) < 4.78 is 2.20. The van der Waals surface area contributed by atoms with Crippen molar-refractivity contribution in [2.45, 2.75) is 39.2 Å². The summed E-state index contributed by atoms with van der Waals surface area (Å²) in [5.41, 5.74) is -0.247. The molecule has 0 aromatic carbocycles. The number of anilines is 1. The molecule has 0 aliphatic rings. The average molecular weight is 347 g/mol. The fraction of sp³-hybridized carbons (Fsp3) is 0.500. The summed E-state index contributed by atoms with van der Waals surface area (Å²) in [7, 11) is 2.88. The van der Waals surface area contributed by atoms with Crippen LogP contribution in [0.2, 0.25) is 0 Å². The Kier molecular flexibility index (Phi) is 4.67. The standard InChI is InChI=1S/C16H21N5O2S/c1-9(13-19-11(8-24-13)16(2,3)4)18-12-10(7-17)14(22)21(6)15(23)20(12)5/h8-9,18H,1-6H3/t9-/m0/s1. The summed E-state index contributed by atoms with van der Waals surface area (Å²) in [6, 6.07) is 1.65. The Hall–Kier alpha value is -2.40. The van der Waals surface area contributed by atoms with Gasteiger partial charge in [0.25, 0.3) is 5.56 Å². The summed E-state index contributed by atoms with van der Waals surface area (Å²) in [5, 5.41) is 15.2. The van der Waals surface area contributed by atoms with Gasteiger partial charge in [0.15, 0.2) is 5.56 Å². The lowest BCUT2D eigenvalue weighted by Crippen LogP contribution is -2.40. The molecule has 0 radical (unpaired) electrons. The normalized spacial score (nSPS) is 12.7. The Balaban J connectivity index is 2.45.